The van der Waals surface area contributed by atoms with Crippen molar-refractivity contribution >= 4 is 18.3 Å². The van der Waals surface area contributed by atoms with Gasteiger partial charge in [0.05, 0.1) is 0 Å². The Kier molecular flexibility index (Phi) is 6.66. The van der Waals surface area contributed by atoms with Crippen LogP contribution in [-0.2, 0) is 9.53 Å². The van der Waals surface area contributed by atoms with Crippen LogP contribution >= 0.6 is 12.4 Å². The molecule has 2 rings (SSSR count). The molecule has 4 nitrogen and oxygen atoms in total. The number of alkyl halides is 9. The number of nitrogens with one attached hydrogen (secondary N) is 1. The zero-order valence-corrected chi connectivity index (χ0v) is 14.3. The van der Waals surface area contributed by atoms with E-state index in [4.69, 9.17) is 0 Å². The molecule has 160 valence electrons. The molecular formula is C13H16ClF9N2O2. The van der Waals surface area contributed by atoms with Crippen molar-refractivity contribution < 1.29 is 49.0 Å². The van der Waals surface area contributed by atoms with E-state index < -0.39 is 42.2 Å². The molecule has 2 aliphatic heterocycles. The molecule has 0 aliphatic carbocycles. The molecular weight excluding hydrogens is 423 g/mol. The van der Waals surface area contributed by atoms with E-state index in [9.17, 15) is 44.3 Å². The maximum atomic E-state index is 13.9. The fourth-order valence-corrected chi connectivity index (χ4v) is 2.72. The normalized spacial score (nSPS) is 29.8. The van der Waals surface area contributed by atoms with Gasteiger partial charge in [-0.15, -0.1) is 12.4 Å². The van der Waals surface area contributed by atoms with Gasteiger partial charge in [-0.2, -0.15) is 39.5 Å². The first-order chi connectivity index (χ1) is 11.7. The lowest BCUT2D eigenvalue weighted by Gasteiger charge is -2.32. The molecule has 1 atom stereocenters. The number of carbonyl (C=O) groups is 1. The number of ether oxygens (including phenoxy) is 1. The van der Waals surface area contributed by atoms with E-state index in [0.29, 0.717) is 13.1 Å². The van der Waals surface area contributed by atoms with Crippen LogP contribution in [0.3, 0.4) is 0 Å². The van der Waals surface area contributed by atoms with E-state index in [1.54, 1.807) is 4.90 Å². The minimum Gasteiger partial charge on any atom is -0.349 e. The quantitative estimate of drug-likeness (QED) is 0.670. The summed E-state index contributed by atoms with van der Waals surface area (Å²) in [6, 6.07) is 0. The van der Waals surface area contributed by atoms with Gasteiger partial charge in [-0.1, -0.05) is 6.42 Å². The predicted molar refractivity (Wildman–Crippen MR) is 75.3 cm³/mol. The maximum absolute atomic E-state index is 13.9. The third-order valence-electron chi connectivity index (χ3n) is 4.28. The van der Waals surface area contributed by atoms with Crippen LogP contribution in [0.15, 0.2) is 0 Å². The number of rotatable bonds is 5. The summed E-state index contributed by atoms with van der Waals surface area (Å²) < 4.78 is 122. The molecule has 0 aromatic carbocycles. The lowest BCUT2D eigenvalue weighted by atomic mass is 9.99. The summed E-state index contributed by atoms with van der Waals surface area (Å²) in [5, 5.41) is 1.39. The minimum absolute atomic E-state index is 0. The van der Waals surface area contributed by atoms with Gasteiger partial charge < -0.3 is 10.2 Å². The number of carbonyl (C=O) groups excluding carboxylic acids is 1. The van der Waals surface area contributed by atoms with E-state index in [-0.39, 0.29) is 19.0 Å². The van der Waals surface area contributed by atoms with Crippen molar-refractivity contribution in [2.24, 2.45) is 0 Å². The van der Waals surface area contributed by atoms with Gasteiger partial charge in [0.2, 0.25) is 0 Å². The number of hydrogen-bond donors (Lipinski definition) is 1. The highest BCUT2D eigenvalue weighted by Crippen LogP contribution is 2.64. The van der Waals surface area contributed by atoms with Crippen molar-refractivity contribution in [3.8, 4) is 0 Å². The van der Waals surface area contributed by atoms with Gasteiger partial charge in [0.1, 0.15) is 0 Å². The van der Waals surface area contributed by atoms with Gasteiger partial charge in [-0.05, 0) is 25.9 Å². The summed E-state index contributed by atoms with van der Waals surface area (Å²) in [6.45, 7) is 0.616. The number of halogens is 10. The molecule has 2 heterocycles. The van der Waals surface area contributed by atoms with Crippen molar-refractivity contribution in [1.29, 1.82) is 0 Å². The Bertz CT molecular complexity index is 558. The molecule has 27 heavy (non-hydrogen) atoms. The third-order valence-corrected chi connectivity index (χ3v) is 4.28. The summed E-state index contributed by atoms with van der Waals surface area (Å²) in [4.78, 5) is 13.1. The average molecular weight is 439 g/mol. The fraction of sp³-hybridized carbons (Fsp3) is 0.923. The van der Waals surface area contributed by atoms with Gasteiger partial charge in [0.25, 0.3) is 5.91 Å². The Morgan fingerprint density at radius 1 is 0.963 bits per heavy atom. The van der Waals surface area contributed by atoms with Crippen molar-refractivity contribution in [2.45, 2.75) is 49.0 Å². The molecule has 14 heteroatoms. The van der Waals surface area contributed by atoms with Crippen LogP contribution in [0.2, 0.25) is 0 Å². The minimum atomic E-state index is -6.66. The van der Waals surface area contributed by atoms with E-state index >= 15 is 0 Å². The Hall–Kier alpha value is -0.950. The van der Waals surface area contributed by atoms with Crippen molar-refractivity contribution in [2.75, 3.05) is 26.2 Å². The molecule has 2 saturated heterocycles. The van der Waals surface area contributed by atoms with Gasteiger partial charge in [0, 0.05) is 13.1 Å². The standard InChI is InChI=1S/C13H15F9N2O2.ClH/c14-9(15,8(25)23-4-7-24-5-2-1-3-6-24)12(20)10(16,17)11(18,19)13(21,22)26-12;/h1-7H2,(H,23,25);1H. The smallest absolute Gasteiger partial charge is 0.349 e. The van der Waals surface area contributed by atoms with E-state index in [2.05, 4.69) is 4.74 Å². The second-order valence-corrected chi connectivity index (χ2v) is 6.10. The molecule has 1 amide bonds. The lowest BCUT2D eigenvalue weighted by molar-refractivity contribution is -0.367. The fourth-order valence-electron chi connectivity index (χ4n) is 2.72. The second-order valence-electron chi connectivity index (χ2n) is 6.10. The molecule has 0 aromatic rings. The summed E-state index contributed by atoms with van der Waals surface area (Å²) in [7, 11) is 0. The molecule has 1 N–H and O–H groups in total. The molecule has 0 spiro atoms. The molecule has 2 fully saturated rings. The molecule has 0 aromatic heterocycles. The Morgan fingerprint density at radius 2 is 1.48 bits per heavy atom. The molecule has 2 aliphatic rings. The van der Waals surface area contributed by atoms with Crippen LogP contribution in [-0.4, -0.2) is 66.7 Å². The first kappa shape index (κ1) is 24.1. The highest BCUT2D eigenvalue weighted by atomic mass is 35.5. The number of amides is 1. The third kappa shape index (κ3) is 3.57. The summed E-state index contributed by atoms with van der Waals surface area (Å²) in [6.07, 6.45) is -3.67. The summed E-state index contributed by atoms with van der Waals surface area (Å²) >= 11 is 0. The molecule has 0 bridgehead atoms. The first-order valence-electron chi connectivity index (χ1n) is 7.62. The van der Waals surface area contributed by atoms with Crippen LogP contribution in [0, 0.1) is 0 Å². The van der Waals surface area contributed by atoms with Crippen molar-refractivity contribution in [3.63, 3.8) is 0 Å². The van der Waals surface area contributed by atoms with Gasteiger partial charge >= 0.3 is 29.7 Å². The number of nitrogens with zero attached hydrogens (tertiary/aromatic N) is 1. The largest absolute Gasteiger partial charge is 0.428 e. The molecule has 1 unspecified atom stereocenters. The van der Waals surface area contributed by atoms with Crippen LogP contribution < -0.4 is 5.32 Å². The SMILES string of the molecule is Cl.O=C(NCCN1CCCCC1)C(F)(F)C1(F)OC(F)(F)C(F)(F)C1(F)F. The number of likely N-dealkylation sites (tertiary alicyclic amines) is 1. The number of piperidine rings is 1. The second kappa shape index (κ2) is 7.47. The zero-order valence-electron chi connectivity index (χ0n) is 13.5. The van der Waals surface area contributed by atoms with E-state index in [0.717, 1.165) is 19.3 Å². The van der Waals surface area contributed by atoms with Crippen molar-refractivity contribution in [3.05, 3.63) is 0 Å². The molecule has 0 saturated carbocycles. The summed E-state index contributed by atoms with van der Waals surface area (Å²) in [5.41, 5.74) is 0. The summed E-state index contributed by atoms with van der Waals surface area (Å²) in [5.74, 6) is -28.2. The topological polar surface area (TPSA) is 41.6 Å². The highest BCUT2D eigenvalue weighted by molar-refractivity contribution is 5.85. The lowest BCUT2D eigenvalue weighted by Crippen LogP contribution is -2.65. The maximum Gasteiger partial charge on any atom is 0.428 e. The van der Waals surface area contributed by atoms with Gasteiger partial charge in [-0.3, -0.25) is 9.53 Å². The van der Waals surface area contributed by atoms with E-state index in [1.165, 1.54) is 5.32 Å². The van der Waals surface area contributed by atoms with Crippen LogP contribution in [0.1, 0.15) is 19.3 Å². The Balaban J connectivity index is 0.00000364. The van der Waals surface area contributed by atoms with Crippen LogP contribution in [0.5, 0.6) is 0 Å². The predicted octanol–water partition coefficient (Wildman–Crippen LogP) is 3.21. The zero-order chi connectivity index (χ0) is 20.0. The van der Waals surface area contributed by atoms with Crippen molar-refractivity contribution in [1.82, 2.24) is 10.2 Å². The van der Waals surface area contributed by atoms with Gasteiger partial charge in [-0.25, -0.2) is 0 Å². The Morgan fingerprint density at radius 3 is 1.93 bits per heavy atom. The van der Waals surface area contributed by atoms with Crippen LogP contribution in [0.25, 0.3) is 0 Å². The molecule has 0 radical (unpaired) electrons. The first-order valence-corrected chi connectivity index (χ1v) is 7.62. The van der Waals surface area contributed by atoms with E-state index in [1.807, 2.05) is 0 Å². The highest BCUT2D eigenvalue weighted by Gasteiger charge is 2.96. The Labute approximate surface area is 153 Å². The van der Waals surface area contributed by atoms with Gasteiger partial charge in [0.15, 0.2) is 0 Å². The monoisotopic (exact) mass is 438 g/mol. The average Bonchev–Trinajstić information content (AvgIpc) is 2.63. The number of hydrogen-bond acceptors (Lipinski definition) is 3. The van der Waals surface area contributed by atoms with Crippen LogP contribution in [0.4, 0.5) is 39.5 Å².